The van der Waals surface area contributed by atoms with Gasteiger partial charge in [0.2, 0.25) is 11.9 Å². The molecule has 206 valence electrons. The van der Waals surface area contributed by atoms with Crippen LogP contribution in [0, 0.1) is 29.6 Å². The van der Waals surface area contributed by atoms with E-state index in [1.54, 1.807) is 6.20 Å². The third-order valence-electron chi connectivity index (χ3n) is 8.24. The summed E-state index contributed by atoms with van der Waals surface area (Å²) in [5, 5.41) is 3.28. The maximum atomic E-state index is 12.8. The van der Waals surface area contributed by atoms with Crippen molar-refractivity contribution in [3.8, 4) is 11.8 Å². The summed E-state index contributed by atoms with van der Waals surface area (Å²) >= 11 is 0. The van der Waals surface area contributed by atoms with Gasteiger partial charge in [-0.25, -0.2) is 9.97 Å². The fourth-order valence-electron chi connectivity index (χ4n) is 5.82. The van der Waals surface area contributed by atoms with Crippen molar-refractivity contribution >= 4 is 23.3 Å². The van der Waals surface area contributed by atoms with Crippen LogP contribution in [0.1, 0.15) is 65.7 Å². The first kappa shape index (κ1) is 27.5. The van der Waals surface area contributed by atoms with Crippen LogP contribution in [0.3, 0.4) is 0 Å². The molecule has 1 aliphatic heterocycles. The number of hydrogen-bond acceptors (Lipinski definition) is 6. The van der Waals surface area contributed by atoms with Crippen molar-refractivity contribution in [3.05, 3.63) is 83.2 Å². The molecule has 5 rings (SSSR count). The summed E-state index contributed by atoms with van der Waals surface area (Å²) < 4.78 is 0. The minimum Gasteiger partial charge on any atom is -0.369 e. The van der Waals surface area contributed by atoms with Gasteiger partial charge < -0.3 is 16.0 Å². The van der Waals surface area contributed by atoms with E-state index in [4.69, 9.17) is 10.7 Å². The van der Waals surface area contributed by atoms with Crippen molar-refractivity contribution in [1.29, 1.82) is 0 Å². The summed E-state index contributed by atoms with van der Waals surface area (Å²) in [7, 11) is 2.13. The largest absolute Gasteiger partial charge is 0.369 e. The quantitative estimate of drug-likeness (QED) is 0.312. The molecule has 1 aromatic heterocycles. The van der Waals surface area contributed by atoms with Crippen LogP contribution >= 0.6 is 0 Å². The number of amides is 1. The van der Waals surface area contributed by atoms with E-state index in [9.17, 15) is 9.59 Å². The summed E-state index contributed by atoms with van der Waals surface area (Å²) in [4.78, 5) is 36.6. The van der Waals surface area contributed by atoms with Crippen LogP contribution in [0.15, 0.2) is 60.8 Å². The van der Waals surface area contributed by atoms with Gasteiger partial charge in [0.05, 0.1) is 11.3 Å². The van der Waals surface area contributed by atoms with E-state index in [1.165, 1.54) is 0 Å². The molecule has 3 N–H and O–H groups in total. The number of Topliss-reactive ketones (excluding diaryl/α,β-unsaturated/α-hetero) is 1. The Bertz CT molecular complexity index is 1390. The second kappa shape index (κ2) is 12.9. The third-order valence-corrected chi connectivity index (χ3v) is 8.24. The molecule has 2 heterocycles. The highest BCUT2D eigenvalue weighted by Crippen LogP contribution is 2.34. The molecule has 0 bridgehead atoms. The summed E-state index contributed by atoms with van der Waals surface area (Å²) in [6.07, 6.45) is 7.88. The van der Waals surface area contributed by atoms with Crippen molar-refractivity contribution in [2.45, 2.75) is 44.9 Å². The Balaban J connectivity index is 1.31. The number of nitrogens with zero attached hydrogens (tertiary/aromatic N) is 3. The number of anilines is 2. The molecule has 2 aliphatic rings. The molecule has 0 unspecified atom stereocenters. The molecule has 40 heavy (non-hydrogen) atoms. The minimum absolute atomic E-state index is 0.138. The number of likely N-dealkylation sites (tertiary alicyclic amines) is 1. The van der Waals surface area contributed by atoms with Gasteiger partial charge >= 0.3 is 0 Å². The monoisotopic (exact) mass is 535 g/mol. The Hall–Kier alpha value is -4.02. The van der Waals surface area contributed by atoms with Crippen molar-refractivity contribution < 1.29 is 9.59 Å². The van der Waals surface area contributed by atoms with E-state index < -0.39 is 0 Å². The number of nitrogens with two attached hydrogens (primary N) is 1. The number of primary amides is 1. The Morgan fingerprint density at radius 3 is 2.48 bits per heavy atom. The molecule has 0 radical (unpaired) electrons. The number of ketones is 1. The number of hydrogen-bond donors (Lipinski definition) is 2. The molecular weight excluding hydrogens is 498 g/mol. The van der Waals surface area contributed by atoms with E-state index in [0.29, 0.717) is 24.7 Å². The summed E-state index contributed by atoms with van der Waals surface area (Å²) in [5.41, 5.74) is 9.71. The summed E-state index contributed by atoms with van der Waals surface area (Å²) in [6.45, 7) is 2.12. The smallest absolute Gasteiger partial charge is 0.227 e. The average molecular weight is 536 g/mol. The van der Waals surface area contributed by atoms with E-state index in [2.05, 4.69) is 34.1 Å². The topological polar surface area (TPSA) is 101 Å². The van der Waals surface area contributed by atoms with Crippen molar-refractivity contribution in [2.24, 2.45) is 23.5 Å². The van der Waals surface area contributed by atoms with E-state index in [0.717, 1.165) is 73.3 Å². The van der Waals surface area contributed by atoms with Gasteiger partial charge in [0, 0.05) is 35.3 Å². The normalized spacial score (nSPS) is 19.5. The van der Waals surface area contributed by atoms with Gasteiger partial charge in [0.25, 0.3) is 0 Å². The van der Waals surface area contributed by atoms with Gasteiger partial charge in [-0.3, -0.25) is 9.59 Å². The Morgan fingerprint density at radius 2 is 1.75 bits per heavy atom. The Kier molecular flexibility index (Phi) is 8.87. The van der Waals surface area contributed by atoms with Gasteiger partial charge in [-0.05, 0) is 100 Å². The van der Waals surface area contributed by atoms with Crippen LogP contribution < -0.4 is 11.1 Å². The molecule has 2 atom stereocenters. The predicted octanol–water partition coefficient (Wildman–Crippen LogP) is 4.98. The van der Waals surface area contributed by atoms with Crippen LogP contribution in [-0.4, -0.2) is 46.7 Å². The number of piperidine rings is 1. The zero-order chi connectivity index (χ0) is 27.9. The zero-order valence-corrected chi connectivity index (χ0v) is 23.1. The average Bonchev–Trinajstić information content (AvgIpc) is 3.43. The molecule has 1 amide bonds. The van der Waals surface area contributed by atoms with Gasteiger partial charge in [0.1, 0.15) is 0 Å². The zero-order valence-electron chi connectivity index (χ0n) is 23.1. The number of benzene rings is 2. The van der Waals surface area contributed by atoms with Gasteiger partial charge in [-0.1, -0.05) is 36.5 Å². The molecule has 0 spiro atoms. The fourth-order valence-corrected chi connectivity index (χ4v) is 5.82. The highest BCUT2D eigenvalue weighted by molar-refractivity contribution is 5.96. The standard InChI is InChI=1S/C33H37N5O2/c1-38-18-16-24(17-19-38)20-31(39)25-12-14-28(15-13-25)36-33-35-22-27(11-10-23-6-3-2-4-7-23)30(37-33)21-26-8-5-9-29(26)32(34)40/h2-4,6-7,12-15,22,24,26,29H,5,8-9,16-21H2,1H3,(H2,34,40)(H,35,36,37)/t26-,29-/m0/s1. The third kappa shape index (κ3) is 7.13. The van der Waals surface area contributed by atoms with Crippen molar-refractivity contribution in [1.82, 2.24) is 14.9 Å². The molecule has 3 aromatic rings. The fraction of sp³-hybridized carbons (Fsp3) is 0.394. The van der Waals surface area contributed by atoms with Crippen LogP contribution in [-0.2, 0) is 11.2 Å². The number of carbonyl (C=O) groups excluding carboxylic acids is 2. The first-order valence-electron chi connectivity index (χ1n) is 14.3. The summed E-state index contributed by atoms with van der Waals surface area (Å²) in [6, 6.07) is 17.3. The van der Waals surface area contributed by atoms with Gasteiger partial charge in [-0.2, -0.15) is 0 Å². The number of rotatable bonds is 8. The maximum absolute atomic E-state index is 12.8. The lowest BCUT2D eigenvalue weighted by Gasteiger charge is -2.28. The SMILES string of the molecule is CN1CCC(CC(=O)c2ccc(Nc3ncc(C#Cc4ccccc4)c(C[C@@H]4CCC[C@@H]4C(N)=O)n3)cc2)CC1. The van der Waals surface area contributed by atoms with Gasteiger partial charge in [-0.15, -0.1) is 0 Å². The van der Waals surface area contributed by atoms with Crippen LogP contribution in [0.2, 0.25) is 0 Å². The van der Waals surface area contributed by atoms with Crippen LogP contribution in [0.25, 0.3) is 0 Å². The number of aromatic nitrogens is 2. The molecule has 1 saturated heterocycles. The summed E-state index contributed by atoms with van der Waals surface area (Å²) in [5.74, 6) is 7.32. The molecule has 2 aromatic carbocycles. The lowest BCUT2D eigenvalue weighted by molar-refractivity contribution is -0.122. The Morgan fingerprint density at radius 1 is 1.00 bits per heavy atom. The van der Waals surface area contributed by atoms with E-state index in [1.807, 2.05) is 54.6 Å². The molecule has 2 fully saturated rings. The molecule has 1 saturated carbocycles. The van der Waals surface area contributed by atoms with E-state index >= 15 is 0 Å². The first-order valence-corrected chi connectivity index (χ1v) is 14.3. The minimum atomic E-state index is -0.239. The second-order valence-electron chi connectivity index (χ2n) is 11.2. The highest BCUT2D eigenvalue weighted by Gasteiger charge is 2.32. The molecule has 7 heteroatoms. The maximum Gasteiger partial charge on any atom is 0.227 e. The lowest BCUT2D eigenvalue weighted by atomic mass is 9.90. The molecule has 7 nitrogen and oxygen atoms in total. The number of carbonyl (C=O) groups is 2. The van der Waals surface area contributed by atoms with Crippen molar-refractivity contribution in [3.63, 3.8) is 0 Å². The van der Waals surface area contributed by atoms with Crippen molar-refractivity contribution in [2.75, 3.05) is 25.5 Å². The number of nitrogens with one attached hydrogen (secondary N) is 1. The molecular formula is C33H37N5O2. The first-order chi connectivity index (χ1) is 19.4. The van der Waals surface area contributed by atoms with Crippen LogP contribution in [0.4, 0.5) is 11.6 Å². The van der Waals surface area contributed by atoms with E-state index in [-0.39, 0.29) is 23.5 Å². The highest BCUT2D eigenvalue weighted by atomic mass is 16.1. The van der Waals surface area contributed by atoms with Gasteiger partial charge in [0.15, 0.2) is 5.78 Å². The Labute approximate surface area is 236 Å². The lowest BCUT2D eigenvalue weighted by Crippen LogP contribution is -2.31. The van der Waals surface area contributed by atoms with Crippen LogP contribution in [0.5, 0.6) is 0 Å². The predicted molar refractivity (Wildman–Crippen MR) is 157 cm³/mol. The second-order valence-corrected chi connectivity index (χ2v) is 11.2. The molecule has 1 aliphatic carbocycles.